The lowest BCUT2D eigenvalue weighted by Crippen LogP contribution is -2.41. The quantitative estimate of drug-likeness (QED) is 0.314. The van der Waals surface area contributed by atoms with E-state index in [4.69, 9.17) is 4.74 Å². The summed E-state index contributed by atoms with van der Waals surface area (Å²) in [5.74, 6) is 3.45. The van der Waals surface area contributed by atoms with E-state index >= 15 is 0 Å². The average molecular weight is 519 g/mol. The number of likely N-dealkylation sites (tertiary alicyclic amines) is 1. The van der Waals surface area contributed by atoms with E-state index in [1.165, 1.54) is 11.1 Å². The van der Waals surface area contributed by atoms with Gasteiger partial charge in [0.1, 0.15) is 11.6 Å². The second-order valence-corrected chi connectivity index (χ2v) is 7.48. The normalized spacial score (nSPS) is 16.6. The van der Waals surface area contributed by atoms with E-state index in [0.29, 0.717) is 5.92 Å². The second-order valence-electron chi connectivity index (χ2n) is 7.48. The van der Waals surface area contributed by atoms with Gasteiger partial charge < -0.3 is 19.5 Å². The molecule has 0 spiro atoms. The minimum atomic E-state index is 0. The topological polar surface area (TPSA) is 54.7 Å². The molecule has 1 aromatic heterocycles. The van der Waals surface area contributed by atoms with Crippen molar-refractivity contribution in [1.29, 1.82) is 0 Å². The second kappa shape index (κ2) is 10.1. The Morgan fingerprint density at radius 3 is 2.70 bits per heavy atom. The first-order valence-corrected chi connectivity index (χ1v) is 10.2. The van der Waals surface area contributed by atoms with Gasteiger partial charge in [-0.3, -0.25) is 4.99 Å². The minimum Gasteiger partial charge on any atom is -0.497 e. The summed E-state index contributed by atoms with van der Waals surface area (Å²) in [6.07, 6.45) is 1.14. The number of guanidine groups is 1. The van der Waals surface area contributed by atoms with E-state index in [-0.39, 0.29) is 24.0 Å². The third-order valence-electron chi connectivity index (χ3n) is 5.75. The van der Waals surface area contributed by atoms with E-state index in [1.807, 2.05) is 25.2 Å². The number of nitrogens with zero attached hydrogens (tertiary/aromatic N) is 4. The number of rotatable bonds is 5. The number of aliphatic imine (C=N–C) groups is 1. The molecule has 0 radical (unpaired) electrons. The van der Waals surface area contributed by atoms with E-state index in [2.05, 4.69) is 62.0 Å². The summed E-state index contributed by atoms with van der Waals surface area (Å²) in [4.78, 5) is 11.5. The van der Waals surface area contributed by atoms with Crippen molar-refractivity contribution in [3.63, 3.8) is 0 Å². The zero-order valence-corrected chi connectivity index (χ0v) is 20.2. The van der Waals surface area contributed by atoms with E-state index in [1.54, 1.807) is 7.11 Å². The maximum absolute atomic E-state index is 5.27. The maximum Gasteiger partial charge on any atom is 0.193 e. The maximum atomic E-state index is 5.27. The molecule has 4 rings (SSSR count). The van der Waals surface area contributed by atoms with Gasteiger partial charge in [-0.15, -0.1) is 24.0 Å². The third-order valence-corrected chi connectivity index (χ3v) is 5.75. The van der Waals surface area contributed by atoms with Gasteiger partial charge in [0.15, 0.2) is 5.96 Å². The fourth-order valence-corrected chi connectivity index (χ4v) is 4.19. The van der Waals surface area contributed by atoms with Crippen LogP contribution in [0.4, 0.5) is 0 Å². The van der Waals surface area contributed by atoms with Gasteiger partial charge in [-0.1, -0.05) is 24.3 Å². The van der Waals surface area contributed by atoms with Crippen molar-refractivity contribution in [1.82, 2.24) is 19.8 Å². The largest absolute Gasteiger partial charge is 0.497 e. The van der Waals surface area contributed by atoms with E-state index in [0.717, 1.165) is 55.7 Å². The Morgan fingerprint density at radius 1 is 1.20 bits per heavy atom. The first-order valence-electron chi connectivity index (χ1n) is 10.2. The third kappa shape index (κ3) is 4.71. The number of hydrogen-bond acceptors (Lipinski definition) is 3. The molecular weight excluding hydrogens is 489 g/mol. The minimum absolute atomic E-state index is 0. The van der Waals surface area contributed by atoms with Crippen LogP contribution < -0.4 is 10.1 Å². The van der Waals surface area contributed by atoms with Crippen LogP contribution >= 0.6 is 24.0 Å². The first-order chi connectivity index (χ1) is 14.2. The standard InChI is InChI=1S/C23H29N5O.HI/c1-17-26-21-6-4-5-7-22(21)28(17)15-13-25-23(24-2)27-14-12-19(16-27)18-8-10-20(29-3)11-9-18;/h4-11,19H,12-16H2,1-3H3,(H,24,25);1H. The van der Waals surface area contributed by atoms with Crippen LogP contribution in [-0.2, 0) is 6.54 Å². The van der Waals surface area contributed by atoms with Crippen LogP contribution in [0.3, 0.4) is 0 Å². The molecule has 0 saturated carbocycles. The summed E-state index contributed by atoms with van der Waals surface area (Å²) in [7, 11) is 3.57. The Bertz CT molecular complexity index is 999. The summed E-state index contributed by atoms with van der Waals surface area (Å²) in [6.45, 7) is 5.75. The van der Waals surface area contributed by atoms with Crippen LogP contribution in [0.25, 0.3) is 11.0 Å². The Balaban J connectivity index is 0.00000256. The molecule has 1 fully saturated rings. The van der Waals surface area contributed by atoms with Crippen LogP contribution in [0, 0.1) is 6.92 Å². The highest BCUT2D eigenvalue weighted by atomic mass is 127. The molecule has 1 aliphatic rings. The molecule has 30 heavy (non-hydrogen) atoms. The molecule has 2 aromatic carbocycles. The molecule has 3 aromatic rings. The van der Waals surface area contributed by atoms with Crippen molar-refractivity contribution in [2.75, 3.05) is 33.8 Å². The summed E-state index contributed by atoms with van der Waals surface area (Å²) in [5.41, 5.74) is 3.60. The van der Waals surface area contributed by atoms with Crippen molar-refractivity contribution in [2.24, 2.45) is 4.99 Å². The monoisotopic (exact) mass is 519 g/mol. The predicted molar refractivity (Wildman–Crippen MR) is 133 cm³/mol. The molecule has 1 unspecified atom stereocenters. The van der Waals surface area contributed by atoms with Crippen LogP contribution in [0.2, 0.25) is 0 Å². The fourth-order valence-electron chi connectivity index (χ4n) is 4.19. The molecular formula is C23H30IN5O. The van der Waals surface area contributed by atoms with Crippen molar-refractivity contribution in [2.45, 2.75) is 25.8 Å². The van der Waals surface area contributed by atoms with Crippen LogP contribution in [0.1, 0.15) is 23.7 Å². The molecule has 0 amide bonds. The zero-order valence-electron chi connectivity index (χ0n) is 17.8. The van der Waals surface area contributed by atoms with Crippen LogP contribution in [0.5, 0.6) is 5.75 Å². The Kier molecular flexibility index (Phi) is 7.58. The number of halogens is 1. The molecule has 6 nitrogen and oxygen atoms in total. The molecule has 1 N–H and O–H groups in total. The highest BCUT2D eigenvalue weighted by Crippen LogP contribution is 2.28. The molecule has 1 saturated heterocycles. The Morgan fingerprint density at radius 2 is 1.97 bits per heavy atom. The molecule has 0 aliphatic carbocycles. The zero-order chi connectivity index (χ0) is 20.2. The van der Waals surface area contributed by atoms with Crippen LogP contribution in [0.15, 0.2) is 53.5 Å². The van der Waals surface area contributed by atoms with Gasteiger partial charge in [0.25, 0.3) is 0 Å². The molecule has 1 atom stereocenters. The van der Waals surface area contributed by atoms with Crippen molar-refractivity contribution in [3.05, 3.63) is 59.9 Å². The highest BCUT2D eigenvalue weighted by Gasteiger charge is 2.26. The SMILES string of the molecule is CN=C(NCCn1c(C)nc2ccccc21)N1CCC(c2ccc(OC)cc2)C1.I. The fraction of sp³-hybridized carbons (Fsp3) is 0.391. The summed E-state index contributed by atoms with van der Waals surface area (Å²) >= 11 is 0. The summed E-state index contributed by atoms with van der Waals surface area (Å²) < 4.78 is 7.54. The van der Waals surface area contributed by atoms with Crippen molar-refractivity contribution in [3.8, 4) is 5.75 Å². The lowest BCUT2D eigenvalue weighted by atomic mass is 9.98. The number of aryl methyl sites for hydroxylation is 1. The number of hydrogen-bond donors (Lipinski definition) is 1. The van der Waals surface area contributed by atoms with Gasteiger partial charge >= 0.3 is 0 Å². The van der Waals surface area contributed by atoms with Gasteiger partial charge in [-0.25, -0.2) is 4.98 Å². The Hall–Kier alpha value is -2.29. The number of imidazole rings is 1. The van der Waals surface area contributed by atoms with Crippen molar-refractivity contribution >= 4 is 41.0 Å². The molecule has 7 heteroatoms. The van der Waals surface area contributed by atoms with Gasteiger partial charge in [-0.05, 0) is 43.2 Å². The lowest BCUT2D eigenvalue weighted by molar-refractivity contribution is 0.414. The number of benzene rings is 2. The Labute approximate surface area is 195 Å². The average Bonchev–Trinajstić information content (AvgIpc) is 3.36. The number of aromatic nitrogens is 2. The molecule has 0 bridgehead atoms. The molecule has 160 valence electrons. The number of para-hydroxylation sites is 2. The first kappa shape index (κ1) is 22.4. The lowest BCUT2D eigenvalue weighted by Gasteiger charge is -2.22. The van der Waals surface area contributed by atoms with Crippen molar-refractivity contribution < 1.29 is 4.74 Å². The van der Waals surface area contributed by atoms with Gasteiger partial charge in [0, 0.05) is 39.1 Å². The number of ether oxygens (including phenoxy) is 1. The van der Waals surface area contributed by atoms with Gasteiger partial charge in [-0.2, -0.15) is 0 Å². The van der Waals surface area contributed by atoms with Crippen LogP contribution in [-0.4, -0.2) is 54.2 Å². The highest BCUT2D eigenvalue weighted by molar-refractivity contribution is 14.0. The number of nitrogens with one attached hydrogen (secondary N) is 1. The number of fused-ring (bicyclic) bond motifs is 1. The summed E-state index contributed by atoms with van der Waals surface area (Å²) in [5, 5.41) is 3.54. The van der Waals surface area contributed by atoms with Gasteiger partial charge in [0.2, 0.25) is 0 Å². The van der Waals surface area contributed by atoms with Gasteiger partial charge in [0.05, 0.1) is 18.1 Å². The van der Waals surface area contributed by atoms with E-state index < -0.39 is 0 Å². The molecule has 2 heterocycles. The summed E-state index contributed by atoms with van der Waals surface area (Å²) in [6, 6.07) is 16.7. The van der Waals surface area contributed by atoms with E-state index in [9.17, 15) is 0 Å². The predicted octanol–water partition coefficient (Wildman–Crippen LogP) is 4.04. The number of methoxy groups -OCH3 is 1. The molecule has 1 aliphatic heterocycles. The smallest absolute Gasteiger partial charge is 0.193 e.